The summed E-state index contributed by atoms with van der Waals surface area (Å²) in [4.78, 5) is 37.2. The topological polar surface area (TPSA) is 119 Å². The lowest BCUT2D eigenvalue weighted by atomic mass is 9.91. The Morgan fingerprint density at radius 3 is 2.41 bits per heavy atom. The van der Waals surface area contributed by atoms with Crippen LogP contribution in [-0.2, 0) is 22.6 Å². The molecule has 9 heteroatoms. The summed E-state index contributed by atoms with van der Waals surface area (Å²) in [5.74, 6) is -2.12. The van der Waals surface area contributed by atoms with Crippen LogP contribution in [0.4, 0.5) is 10.1 Å². The maximum atomic E-state index is 14.6. The Morgan fingerprint density at radius 2 is 1.82 bits per heavy atom. The van der Waals surface area contributed by atoms with Crippen molar-refractivity contribution >= 4 is 23.4 Å². The van der Waals surface area contributed by atoms with E-state index in [-0.39, 0.29) is 23.9 Å². The molecule has 1 unspecified atom stereocenters. The van der Waals surface area contributed by atoms with E-state index in [9.17, 15) is 18.8 Å². The van der Waals surface area contributed by atoms with Crippen molar-refractivity contribution in [2.75, 3.05) is 5.32 Å². The van der Waals surface area contributed by atoms with Gasteiger partial charge in [-0.1, -0.05) is 45.6 Å². The lowest BCUT2D eigenvalue weighted by Gasteiger charge is -2.26. The van der Waals surface area contributed by atoms with E-state index in [1.807, 2.05) is 20.8 Å². The van der Waals surface area contributed by atoms with Gasteiger partial charge in [-0.3, -0.25) is 19.1 Å². The van der Waals surface area contributed by atoms with Crippen molar-refractivity contribution in [2.45, 2.75) is 78.3 Å². The lowest BCUT2D eigenvalue weighted by Crippen LogP contribution is -2.49. The van der Waals surface area contributed by atoms with E-state index in [4.69, 9.17) is 5.73 Å². The number of carbonyl (C=O) groups excluding carboxylic acids is 3. The number of carbonyl (C=O) groups is 3. The number of aromatic nitrogens is 2. The number of nitrogens with two attached hydrogens (primary N) is 1. The molecule has 0 aliphatic heterocycles. The van der Waals surface area contributed by atoms with Crippen LogP contribution in [0.15, 0.2) is 30.5 Å². The van der Waals surface area contributed by atoms with Crippen LogP contribution in [0.1, 0.15) is 75.3 Å². The zero-order valence-corrected chi connectivity index (χ0v) is 20.3. The van der Waals surface area contributed by atoms with Gasteiger partial charge in [0.05, 0.1) is 12.1 Å². The van der Waals surface area contributed by atoms with E-state index >= 15 is 0 Å². The maximum Gasteiger partial charge on any atom is 0.270 e. The first-order chi connectivity index (χ1) is 16.4. The van der Waals surface area contributed by atoms with Crippen molar-refractivity contribution in [2.24, 2.45) is 11.7 Å². The molecule has 1 aliphatic carbocycles. The number of hydrogen-bond acceptors (Lipinski definition) is 4. The Hall–Kier alpha value is -3.23. The van der Waals surface area contributed by atoms with Gasteiger partial charge < -0.3 is 16.4 Å². The van der Waals surface area contributed by atoms with Crippen molar-refractivity contribution in [3.8, 4) is 0 Å². The highest BCUT2D eigenvalue weighted by molar-refractivity contribution is 6.00. The highest BCUT2D eigenvalue weighted by Gasteiger charge is 2.31. The van der Waals surface area contributed by atoms with E-state index < -0.39 is 23.7 Å². The predicted molar refractivity (Wildman–Crippen MR) is 130 cm³/mol. The second kappa shape index (κ2) is 13.5. The number of nitrogens with zero attached hydrogens (tertiary/aromatic N) is 2. The molecule has 2 aromatic rings. The van der Waals surface area contributed by atoms with Gasteiger partial charge in [-0.15, -0.1) is 0 Å². The van der Waals surface area contributed by atoms with E-state index in [0.29, 0.717) is 17.8 Å². The standard InChI is InChI=1S/C23H30FN5O3.C2H6/c1-2-29-19(11-12-26-29)22(31)28-21(16-7-5-3-4-6-8-16)23(32)27-18-10-9-15(13-17(18)24)14-20(25)30;1-2/h9-13,16,21H,2-8,14H2,1H3,(H2,25,30)(H,27,32)(H,28,31);1-2H3. The van der Waals surface area contributed by atoms with Crippen molar-refractivity contribution in [3.05, 3.63) is 47.5 Å². The molecular weight excluding hydrogens is 437 g/mol. The highest BCUT2D eigenvalue weighted by atomic mass is 19.1. The zero-order chi connectivity index (χ0) is 25.1. The monoisotopic (exact) mass is 473 g/mol. The molecule has 1 fully saturated rings. The van der Waals surface area contributed by atoms with Gasteiger partial charge in [0.15, 0.2) is 0 Å². The predicted octanol–water partition coefficient (Wildman–Crippen LogP) is 3.80. The van der Waals surface area contributed by atoms with Crippen LogP contribution in [-0.4, -0.2) is 33.5 Å². The minimum atomic E-state index is -0.800. The van der Waals surface area contributed by atoms with Gasteiger partial charge >= 0.3 is 0 Å². The van der Waals surface area contributed by atoms with E-state index in [0.717, 1.165) is 38.5 Å². The number of hydrogen-bond donors (Lipinski definition) is 3. The van der Waals surface area contributed by atoms with Gasteiger partial charge in [0, 0.05) is 12.7 Å². The molecule has 1 saturated carbocycles. The maximum absolute atomic E-state index is 14.6. The molecule has 0 radical (unpaired) electrons. The lowest BCUT2D eigenvalue weighted by molar-refractivity contribution is -0.119. The molecule has 1 aliphatic rings. The van der Waals surface area contributed by atoms with E-state index in [1.54, 1.807) is 23.0 Å². The minimum Gasteiger partial charge on any atom is -0.369 e. The fourth-order valence-electron chi connectivity index (χ4n) is 4.22. The molecule has 186 valence electrons. The summed E-state index contributed by atoms with van der Waals surface area (Å²) >= 11 is 0. The largest absolute Gasteiger partial charge is 0.369 e. The Kier molecular flexibility index (Phi) is 10.7. The van der Waals surface area contributed by atoms with Crippen LogP contribution in [0.25, 0.3) is 0 Å². The number of rotatable bonds is 8. The Bertz CT molecular complexity index is 967. The quantitative estimate of drug-likeness (QED) is 0.505. The fraction of sp³-hybridized carbons (Fsp3) is 0.520. The summed E-state index contributed by atoms with van der Waals surface area (Å²) < 4.78 is 16.1. The second-order valence-electron chi connectivity index (χ2n) is 8.18. The van der Waals surface area contributed by atoms with Crippen LogP contribution in [0.2, 0.25) is 0 Å². The molecule has 0 bridgehead atoms. The molecule has 4 N–H and O–H groups in total. The van der Waals surface area contributed by atoms with E-state index in [2.05, 4.69) is 15.7 Å². The van der Waals surface area contributed by atoms with Gasteiger partial charge in [-0.2, -0.15) is 5.10 Å². The van der Waals surface area contributed by atoms with Crippen molar-refractivity contribution in [3.63, 3.8) is 0 Å². The molecule has 0 spiro atoms. The number of anilines is 1. The summed E-state index contributed by atoms with van der Waals surface area (Å²) in [7, 11) is 0. The van der Waals surface area contributed by atoms with Gasteiger partial charge in [0.2, 0.25) is 11.8 Å². The van der Waals surface area contributed by atoms with Crippen LogP contribution in [0.3, 0.4) is 0 Å². The number of amides is 3. The number of benzene rings is 1. The zero-order valence-electron chi connectivity index (χ0n) is 20.3. The average Bonchev–Trinajstić information content (AvgIpc) is 3.14. The Labute approximate surface area is 200 Å². The summed E-state index contributed by atoms with van der Waals surface area (Å²) in [6, 6.07) is 4.94. The molecule has 34 heavy (non-hydrogen) atoms. The van der Waals surface area contributed by atoms with Crippen molar-refractivity contribution in [1.82, 2.24) is 15.1 Å². The summed E-state index contributed by atoms with van der Waals surface area (Å²) in [5.41, 5.74) is 5.95. The van der Waals surface area contributed by atoms with Crippen LogP contribution >= 0.6 is 0 Å². The number of nitrogens with one attached hydrogen (secondary N) is 2. The Balaban J connectivity index is 0.00000199. The first-order valence-corrected chi connectivity index (χ1v) is 12.1. The van der Waals surface area contributed by atoms with Gasteiger partial charge in [-0.25, -0.2) is 4.39 Å². The van der Waals surface area contributed by atoms with Crippen LogP contribution in [0.5, 0.6) is 0 Å². The molecule has 1 heterocycles. The molecular formula is C25H36FN5O3. The molecule has 1 aromatic heterocycles. The van der Waals surface area contributed by atoms with Crippen LogP contribution in [0, 0.1) is 11.7 Å². The number of aryl methyl sites for hydroxylation is 1. The summed E-state index contributed by atoms with van der Waals surface area (Å²) in [6.45, 7) is 6.41. The second-order valence-corrected chi connectivity index (χ2v) is 8.18. The van der Waals surface area contributed by atoms with Gasteiger partial charge in [0.1, 0.15) is 17.6 Å². The normalized spacial score (nSPS) is 14.8. The SMILES string of the molecule is CC.CCn1nccc1C(=O)NC(C(=O)Nc1ccc(CC(N)=O)cc1F)C1CCCCCC1. The number of halogens is 1. The third-order valence-corrected chi connectivity index (χ3v) is 5.86. The third-order valence-electron chi connectivity index (χ3n) is 5.86. The molecule has 1 atom stereocenters. The Morgan fingerprint density at radius 1 is 1.15 bits per heavy atom. The number of primary amides is 1. The average molecular weight is 474 g/mol. The smallest absolute Gasteiger partial charge is 0.270 e. The van der Waals surface area contributed by atoms with Crippen molar-refractivity contribution in [1.29, 1.82) is 0 Å². The molecule has 0 saturated heterocycles. The third kappa shape index (κ3) is 7.40. The fourth-order valence-corrected chi connectivity index (χ4v) is 4.22. The van der Waals surface area contributed by atoms with Crippen molar-refractivity contribution < 1.29 is 18.8 Å². The van der Waals surface area contributed by atoms with Gasteiger partial charge in [0.25, 0.3) is 5.91 Å². The van der Waals surface area contributed by atoms with E-state index in [1.165, 1.54) is 12.1 Å². The molecule has 3 rings (SSSR count). The highest BCUT2D eigenvalue weighted by Crippen LogP contribution is 2.27. The first kappa shape index (κ1) is 27.0. The van der Waals surface area contributed by atoms with Gasteiger partial charge in [-0.05, 0) is 49.4 Å². The minimum absolute atomic E-state index is 0.00492. The molecule has 3 amide bonds. The first-order valence-electron chi connectivity index (χ1n) is 12.1. The molecule has 8 nitrogen and oxygen atoms in total. The summed E-state index contributed by atoms with van der Waals surface area (Å²) in [5, 5.41) is 9.61. The van der Waals surface area contributed by atoms with Crippen LogP contribution < -0.4 is 16.4 Å². The summed E-state index contributed by atoms with van der Waals surface area (Å²) in [6.07, 6.45) is 7.23. The molecule has 1 aromatic carbocycles.